The Morgan fingerprint density at radius 1 is 1.36 bits per heavy atom. The molecule has 1 aromatic rings. The van der Waals surface area contributed by atoms with Crippen LogP contribution in [-0.2, 0) is 25.1 Å². The molecule has 2 fully saturated rings. The number of ether oxygens (including phenoxy) is 1. The fourth-order valence-corrected chi connectivity index (χ4v) is 5.73. The lowest BCUT2D eigenvalue weighted by molar-refractivity contribution is -0.385. The number of hydrogen-bond acceptors (Lipinski definition) is 7. The summed E-state index contributed by atoms with van der Waals surface area (Å²) in [6, 6.07) is 2.72. The number of carbonyl (C=O) groups excluding carboxylic acids is 2. The minimum Gasteiger partial charge on any atom is -0.442 e. The second-order valence-corrected chi connectivity index (χ2v) is 11.0. The summed E-state index contributed by atoms with van der Waals surface area (Å²) in [6.07, 6.45) is -1.10. The van der Waals surface area contributed by atoms with Gasteiger partial charge in [0.1, 0.15) is 22.2 Å². The van der Waals surface area contributed by atoms with Gasteiger partial charge in [0, 0.05) is 44.8 Å². The number of benzene rings is 1. The van der Waals surface area contributed by atoms with Crippen LogP contribution in [0.15, 0.2) is 23.2 Å². The molecule has 2 aliphatic rings. The normalized spacial score (nSPS) is 25.4. The van der Waals surface area contributed by atoms with Crippen LogP contribution in [0.4, 0.5) is 14.9 Å². The molecule has 0 spiro atoms. The molecule has 2 unspecified atom stereocenters. The fourth-order valence-electron chi connectivity index (χ4n) is 3.89. The van der Waals surface area contributed by atoms with Gasteiger partial charge >= 0.3 is 6.09 Å². The average molecular weight is 485 g/mol. The van der Waals surface area contributed by atoms with Crippen molar-refractivity contribution >= 4 is 33.7 Å². The van der Waals surface area contributed by atoms with E-state index >= 15 is 4.39 Å². The van der Waals surface area contributed by atoms with Gasteiger partial charge in [0.25, 0.3) is 5.69 Å². The van der Waals surface area contributed by atoms with E-state index in [1.165, 1.54) is 11.8 Å². The number of amides is 2. The van der Waals surface area contributed by atoms with Crippen molar-refractivity contribution in [3.05, 3.63) is 39.7 Å². The first-order valence-electron chi connectivity index (χ1n) is 9.86. The third-order valence-corrected chi connectivity index (χ3v) is 7.63. The number of likely N-dealkylation sites (tertiary alicyclic amines) is 1. The zero-order valence-electron chi connectivity index (χ0n) is 18.7. The van der Waals surface area contributed by atoms with Gasteiger partial charge in [0.15, 0.2) is 0 Å². The summed E-state index contributed by atoms with van der Waals surface area (Å²) in [7, 11) is -3.15. The van der Waals surface area contributed by atoms with Gasteiger partial charge in [-0.1, -0.05) is 0 Å². The van der Waals surface area contributed by atoms with E-state index < -0.39 is 60.8 Å². The van der Waals surface area contributed by atoms with E-state index in [0.717, 1.165) is 29.6 Å². The number of sulfonamides is 1. The Kier molecular flexibility index (Phi) is 5.86. The van der Waals surface area contributed by atoms with Crippen LogP contribution in [0, 0.1) is 15.9 Å². The number of nitro benzene ring substituents is 1. The molecular formula is C19H24FN5O7S. The monoisotopic (exact) mass is 485 g/mol. The van der Waals surface area contributed by atoms with Crippen LogP contribution in [0.5, 0.6) is 0 Å². The number of rotatable bonds is 2. The first-order valence-corrected chi connectivity index (χ1v) is 11.4. The smallest absolute Gasteiger partial charge is 0.437 e. The van der Waals surface area contributed by atoms with E-state index in [1.54, 1.807) is 20.8 Å². The van der Waals surface area contributed by atoms with Crippen molar-refractivity contribution in [2.75, 3.05) is 20.1 Å². The van der Waals surface area contributed by atoms with E-state index in [0.29, 0.717) is 0 Å². The van der Waals surface area contributed by atoms with Gasteiger partial charge in [-0.2, -0.15) is 0 Å². The molecule has 1 aromatic carbocycles. The summed E-state index contributed by atoms with van der Waals surface area (Å²) in [5, 5.41) is 12.7. The number of carbonyl (C=O) groups is 2. The maximum atomic E-state index is 15.0. The lowest BCUT2D eigenvalue weighted by Crippen LogP contribution is -2.67. The Labute approximate surface area is 189 Å². The molecule has 12 nitrogen and oxygen atoms in total. The third-order valence-electron chi connectivity index (χ3n) is 5.43. The minimum atomic E-state index is -4.30. The highest BCUT2D eigenvalue weighted by Gasteiger charge is 2.61. The molecule has 0 aromatic heterocycles. The lowest BCUT2D eigenvalue weighted by Gasteiger charge is -2.44. The molecule has 180 valence electrons. The first kappa shape index (κ1) is 24.4. The van der Waals surface area contributed by atoms with E-state index in [2.05, 4.69) is 10.3 Å². The Bertz CT molecular complexity index is 1160. The summed E-state index contributed by atoms with van der Waals surface area (Å²) < 4.78 is 47.7. The van der Waals surface area contributed by atoms with Gasteiger partial charge in [-0.05, 0) is 26.8 Å². The molecule has 2 amide bonds. The molecule has 0 bridgehead atoms. The molecule has 1 N–H and O–H groups in total. The highest BCUT2D eigenvalue weighted by atomic mass is 32.2. The molecule has 33 heavy (non-hydrogen) atoms. The third kappa shape index (κ3) is 4.34. The molecule has 3 rings (SSSR count). The largest absolute Gasteiger partial charge is 0.442 e. The van der Waals surface area contributed by atoms with Crippen molar-refractivity contribution in [3.63, 3.8) is 0 Å². The van der Waals surface area contributed by atoms with E-state index in [9.17, 15) is 28.1 Å². The van der Waals surface area contributed by atoms with Gasteiger partial charge < -0.3 is 15.0 Å². The van der Waals surface area contributed by atoms with Crippen LogP contribution in [0.2, 0.25) is 0 Å². The Morgan fingerprint density at radius 2 is 2.00 bits per heavy atom. The molecule has 2 saturated heterocycles. The second-order valence-electron chi connectivity index (χ2n) is 8.83. The lowest BCUT2D eigenvalue weighted by atomic mass is 9.87. The van der Waals surface area contributed by atoms with Gasteiger partial charge in [0.05, 0.1) is 4.92 Å². The summed E-state index contributed by atoms with van der Waals surface area (Å²) in [4.78, 5) is 39.9. The van der Waals surface area contributed by atoms with Crippen molar-refractivity contribution < 1.29 is 32.1 Å². The summed E-state index contributed by atoms with van der Waals surface area (Å²) in [5.41, 5.74) is -3.56. The van der Waals surface area contributed by atoms with E-state index in [4.69, 9.17) is 4.74 Å². The topological polar surface area (TPSA) is 152 Å². The number of aliphatic imine (C=N–C) groups is 1. The van der Waals surface area contributed by atoms with Crippen LogP contribution in [-0.4, -0.2) is 71.5 Å². The zero-order chi connectivity index (χ0) is 24.9. The van der Waals surface area contributed by atoms with Crippen LogP contribution in [0.3, 0.4) is 0 Å². The molecule has 14 heteroatoms. The zero-order valence-corrected chi connectivity index (χ0v) is 19.5. The van der Waals surface area contributed by atoms with Crippen molar-refractivity contribution in [2.45, 2.75) is 44.1 Å². The van der Waals surface area contributed by atoms with Crippen molar-refractivity contribution in [2.24, 2.45) is 4.99 Å². The van der Waals surface area contributed by atoms with Crippen LogP contribution in [0.1, 0.15) is 33.3 Å². The standard InChI is InChI=1S/C19H24FN5O7S/c1-11(26)24-9-15-19(10-24,13-8-12(25(28)29)6-7-14(13)20)22-16(23(5)33(15,30)31)21-17(27)32-18(2,3)4/h6-8,15H,9-10H2,1-5H3,(H,21,22,27). The fraction of sp³-hybridized carbons (Fsp3) is 0.526. The van der Waals surface area contributed by atoms with Crippen LogP contribution in [0.25, 0.3) is 0 Å². The number of fused-ring (bicyclic) bond motifs is 1. The summed E-state index contributed by atoms with van der Waals surface area (Å²) in [6.45, 7) is 5.38. The number of halogens is 1. The van der Waals surface area contributed by atoms with Crippen molar-refractivity contribution in [1.29, 1.82) is 0 Å². The number of guanidine groups is 1. The molecular weight excluding hydrogens is 461 g/mol. The molecule has 2 atom stereocenters. The Hall–Kier alpha value is -3.29. The highest BCUT2D eigenvalue weighted by Crippen LogP contribution is 2.42. The number of nitrogens with zero attached hydrogens (tertiary/aromatic N) is 4. The first-order chi connectivity index (χ1) is 15.1. The highest BCUT2D eigenvalue weighted by molar-refractivity contribution is 7.90. The van der Waals surface area contributed by atoms with Crippen LogP contribution < -0.4 is 5.32 Å². The van der Waals surface area contributed by atoms with E-state index in [1.807, 2.05) is 0 Å². The van der Waals surface area contributed by atoms with Gasteiger partial charge in [0.2, 0.25) is 21.9 Å². The molecule has 0 saturated carbocycles. The number of non-ortho nitro benzene ring substituents is 1. The average Bonchev–Trinajstić information content (AvgIpc) is 3.06. The number of nitrogens with one attached hydrogen (secondary N) is 1. The molecule has 2 aliphatic heterocycles. The predicted octanol–water partition coefficient (Wildman–Crippen LogP) is 1.32. The van der Waals surface area contributed by atoms with Gasteiger partial charge in [-0.25, -0.2) is 21.9 Å². The minimum absolute atomic E-state index is 0.295. The van der Waals surface area contributed by atoms with E-state index in [-0.39, 0.29) is 18.7 Å². The molecule has 0 aliphatic carbocycles. The van der Waals surface area contributed by atoms with Gasteiger partial charge in [-0.15, -0.1) is 4.99 Å². The second kappa shape index (κ2) is 7.93. The number of nitro groups is 1. The van der Waals surface area contributed by atoms with Crippen molar-refractivity contribution in [3.8, 4) is 0 Å². The molecule has 0 radical (unpaired) electrons. The maximum absolute atomic E-state index is 15.0. The predicted molar refractivity (Wildman–Crippen MR) is 114 cm³/mol. The maximum Gasteiger partial charge on any atom is 0.437 e. The van der Waals surface area contributed by atoms with Gasteiger partial charge in [-0.3, -0.25) is 14.9 Å². The SMILES string of the molecule is CC(=O)N1CC2C(c3cc([N+](=O)[O-])ccc3F)(C1)N/C(=N\C(=O)OC(C)(C)C)N(C)S2(=O)=O. The Balaban J connectivity index is 2.23. The van der Waals surface area contributed by atoms with Crippen LogP contribution >= 0.6 is 0 Å². The molecule has 2 heterocycles. The Morgan fingerprint density at radius 3 is 2.55 bits per heavy atom. The number of hydrogen-bond donors (Lipinski definition) is 1. The van der Waals surface area contributed by atoms with Crippen molar-refractivity contribution in [1.82, 2.24) is 14.5 Å². The summed E-state index contributed by atoms with van der Waals surface area (Å²) in [5.74, 6) is -1.85. The quantitative estimate of drug-likeness (QED) is 0.486. The summed E-state index contributed by atoms with van der Waals surface area (Å²) >= 11 is 0.